The van der Waals surface area contributed by atoms with E-state index in [1.165, 1.54) is 12.8 Å². The van der Waals surface area contributed by atoms with E-state index < -0.39 is 0 Å². The van der Waals surface area contributed by atoms with E-state index in [9.17, 15) is 0 Å². The Bertz CT molecular complexity index is 108. The zero-order valence-electron chi connectivity index (χ0n) is 6.18. The third-order valence-corrected chi connectivity index (χ3v) is 2.20. The minimum absolute atomic E-state index is 0.667. The summed E-state index contributed by atoms with van der Waals surface area (Å²) in [5, 5.41) is 5.38. The summed E-state index contributed by atoms with van der Waals surface area (Å²) < 4.78 is 0. The molecule has 10 heavy (non-hydrogen) atoms. The van der Waals surface area contributed by atoms with E-state index in [2.05, 4.69) is 10.4 Å². The van der Waals surface area contributed by atoms with Gasteiger partial charge in [0.05, 0.1) is 12.6 Å². The van der Waals surface area contributed by atoms with Gasteiger partial charge in [0, 0.05) is 19.6 Å². The molecule has 2 rings (SSSR count). The average molecular weight is 142 g/mol. The van der Waals surface area contributed by atoms with Crippen LogP contribution in [0, 0.1) is 0 Å². The normalized spacial score (nSPS) is 30.0. The second-order valence-corrected chi connectivity index (χ2v) is 2.99. The van der Waals surface area contributed by atoms with Crippen LogP contribution in [0.15, 0.2) is 0 Å². The summed E-state index contributed by atoms with van der Waals surface area (Å²) in [6.07, 6.45) is 2.53. The number of nitrogens with zero attached hydrogens (tertiary/aromatic N) is 1. The van der Waals surface area contributed by atoms with Crippen LogP contribution in [0.1, 0.15) is 12.8 Å². The zero-order chi connectivity index (χ0) is 6.81. The summed E-state index contributed by atoms with van der Waals surface area (Å²) in [5.74, 6) is 0. The molecule has 2 aliphatic rings. The van der Waals surface area contributed by atoms with Crippen LogP contribution < -0.4 is 5.32 Å². The highest BCUT2D eigenvalue weighted by molar-refractivity contribution is 4.81. The SMILES string of the molecule is C1CCN(C2CNC2)OC1. The van der Waals surface area contributed by atoms with Gasteiger partial charge in [0.15, 0.2) is 0 Å². The quantitative estimate of drug-likeness (QED) is 0.557. The monoisotopic (exact) mass is 142 g/mol. The number of rotatable bonds is 1. The van der Waals surface area contributed by atoms with Crippen LogP contribution in [0.5, 0.6) is 0 Å². The topological polar surface area (TPSA) is 24.5 Å². The molecule has 0 aromatic rings. The zero-order valence-corrected chi connectivity index (χ0v) is 6.18. The van der Waals surface area contributed by atoms with Crippen molar-refractivity contribution in [1.29, 1.82) is 0 Å². The van der Waals surface area contributed by atoms with Crippen molar-refractivity contribution in [3.63, 3.8) is 0 Å². The minimum Gasteiger partial charge on any atom is -0.313 e. The number of hydroxylamine groups is 2. The smallest absolute Gasteiger partial charge is 0.0685 e. The van der Waals surface area contributed by atoms with Crippen molar-refractivity contribution >= 4 is 0 Å². The van der Waals surface area contributed by atoms with Crippen LogP contribution in [0.2, 0.25) is 0 Å². The Morgan fingerprint density at radius 2 is 2.20 bits per heavy atom. The maximum absolute atomic E-state index is 5.48. The fourth-order valence-corrected chi connectivity index (χ4v) is 1.38. The number of hydrogen-bond donors (Lipinski definition) is 1. The summed E-state index contributed by atoms with van der Waals surface area (Å²) in [4.78, 5) is 5.48. The van der Waals surface area contributed by atoms with Crippen molar-refractivity contribution in [2.75, 3.05) is 26.2 Å². The summed E-state index contributed by atoms with van der Waals surface area (Å²) in [6, 6.07) is 0.667. The molecule has 2 saturated heterocycles. The van der Waals surface area contributed by atoms with Crippen molar-refractivity contribution < 1.29 is 4.84 Å². The van der Waals surface area contributed by atoms with Crippen LogP contribution >= 0.6 is 0 Å². The van der Waals surface area contributed by atoms with Crippen LogP contribution in [0.4, 0.5) is 0 Å². The van der Waals surface area contributed by atoms with Crippen molar-refractivity contribution in [2.24, 2.45) is 0 Å². The molecule has 0 unspecified atom stereocenters. The fraction of sp³-hybridized carbons (Fsp3) is 1.00. The molecule has 3 nitrogen and oxygen atoms in total. The van der Waals surface area contributed by atoms with E-state index in [0.29, 0.717) is 6.04 Å². The lowest BCUT2D eigenvalue weighted by atomic mass is 10.1. The van der Waals surface area contributed by atoms with Crippen LogP contribution in [0.25, 0.3) is 0 Å². The van der Waals surface area contributed by atoms with Gasteiger partial charge in [0.1, 0.15) is 0 Å². The van der Waals surface area contributed by atoms with Crippen LogP contribution in [-0.2, 0) is 4.84 Å². The highest BCUT2D eigenvalue weighted by Gasteiger charge is 2.26. The second kappa shape index (κ2) is 2.86. The molecule has 2 heterocycles. The summed E-state index contributed by atoms with van der Waals surface area (Å²) in [5.41, 5.74) is 0. The van der Waals surface area contributed by atoms with Gasteiger partial charge in [-0.15, -0.1) is 0 Å². The van der Waals surface area contributed by atoms with Gasteiger partial charge in [0.25, 0.3) is 0 Å². The average Bonchev–Trinajstić information content (AvgIpc) is 1.86. The van der Waals surface area contributed by atoms with E-state index in [1.54, 1.807) is 0 Å². The van der Waals surface area contributed by atoms with Gasteiger partial charge in [-0.1, -0.05) is 0 Å². The molecule has 0 aromatic carbocycles. The molecule has 3 heteroatoms. The Balaban J connectivity index is 1.78. The summed E-state index contributed by atoms with van der Waals surface area (Å²) in [6.45, 7) is 4.28. The Kier molecular flexibility index (Phi) is 1.88. The van der Waals surface area contributed by atoms with Gasteiger partial charge in [-0.25, -0.2) is 0 Å². The first-order chi connectivity index (χ1) is 4.97. The molecule has 0 atom stereocenters. The molecule has 0 aliphatic carbocycles. The summed E-state index contributed by atoms with van der Waals surface area (Å²) >= 11 is 0. The predicted molar refractivity (Wildman–Crippen MR) is 38.5 cm³/mol. The molecular weight excluding hydrogens is 128 g/mol. The van der Waals surface area contributed by atoms with E-state index in [-0.39, 0.29) is 0 Å². The standard InChI is InChI=1S/C7H14N2O/c1-2-4-10-9(3-1)7-5-8-6-7/h7-8H,1-6H2. The third kappa shape index (κ3) is 1.17. The van der Waals surface area contributed by atoms with E-state index in [0.717, 1.165) is 26.2 Å². The third-order valence-electron chi connectivity index (χ3n) is 2.20. The van der Waals surface area contributed by atoms with Gasteiger partial charge >= 0.3 is 0 Å². The fourth-order valence-electron chi connectivity index (χ4n) is 1.38. The highest BCUT2D eigenvalue weighted by atomic mass is 16.7. The maximum atomic E-state index is 5.48. The molecule has 2 aliphatic heterocycles. The van der Waals surface area contributed by atoms with Gasteiger partial charge in [0.2, 0.25) is 0 Å². The largest absolute Gasteiger partial charge is 0.313 e. The van der Waals surface area contributed by atoms with E-state index in [4.69, 9.17) is 4.84 Å². The van der Waals surface area contributed by atoms with Gasteiger partial charge in [-0.3, -0.25) is 4.84 Å². The van der Waals surface area contributed by atoms with Crippen LogP contribution in [-0.4, -0.2) is 37.3 Å². The lowest BCUT2D eigenvalue weighted by Crippen LogP contribution is -2.58. The molecule has 1 N–H and O–H groups in total. The summed E-state index contributed by atoms with van der Waals surface area (Å²) in [7, 11) is 0. The maximum Gasteiger partial charge on any atom is 0.0685 e. The first kappa shape index (κ1) is 6.58. The molecule has 0 radical (unpaired) electrons. The Morgan fingerprint density at radius 1 is 1.30 bits per heavy atom. The van der Waals surface area contributed by atoms with E-state index >= 15 is 0 Å². The molecule has 2 fully saturated rings. The molecule has 0 spiro atoms. The Labute approximate surface area is 61.3 Å². The minimum atomic E-state index is 0.667. The molecule has 58 valence electrons. The predicted octanol–water partition coefficient (Wildman–Crippen LogP) is -0.0144. The van der Waals surface area contributed by atoms with Crippen molar-refractivity contribution in [3.05, 3.63) is 0 Å². The van der Waals surface area contributed by atoms with Crippen molar-refractivity contribution in [2.45, 2.75) is 18.9 Å². The Hall–Kier alpha value is -0.120. The van der Waals surface area contributed by atoms with Crippen molar-refractivity contribution in [3.8, 4) is 0 Å². The first-order valence-corrected chi connectivity index (χ1v) is 4.07. The van der Waals surface area contributed by atoms with E-state index in [1.807, 2.05) is 0 Å². The number of hydrogen-bond acceptors (Lipinski definition) is 3. The molecule has 0 amide bonds. The van der Waals surface area contributed by atoms with Crippen molar-refractivity contribution in [1.82, 2.24) is 10.4 Å². The first-order valence-electron chi connectivity index (χ1n) is 4.07. The lowest BCUT2D eigenvalue weighted by Gasteiger charge is -2.39. The molecule has 0 saturated carbocycles. The Morgan fingerprint density at radius 3 is 2.70 bits per heavy atom. The van der Waals surface area contributed by atoms with Gasteiger partial charge in [-0.2, -0.15) is 5.06 Å². The van der Waals surface area contributed by atoms with Gasteiger partial charge < -0.3 is 5.32 Å². The second-order valence-electron chi connectivity index (χ2n) is 2.99. The lowest BCUT2D eigenvalue weighted by molar-refractivity contribution is -0.213. The molecule has 0 aromatic heterocycles. The number of nitrogens with one attached hydrogen (secondary N) is 1. The van der Waals surface area contributed by atoms with Crippen LogP contribution in [0.3, 0.4) is 0 Å². The molecule has 0 bridgehead atoms. The highest BCUT2D eigenvalue weighted by Crippen LogP contribution is 2.12. The molecular formula is C7H14N2O. The van der Waals surface area contributed by atoms with Gasteiger partial charge in [-0.05, 0) is 12.8 Å².